The Hall–Kier alpha value is -2.31. The minimum atomic E-state index is -0.285. The summed E-state index contributed by atoms with van der Waals surface area (Å²) in [7, 11) is 0. The third kappa shape index (κ3) is 3.66. The predicted molar refractivity (Wildman–Crippen MR) is 86.4 cm³/mol. The van der Waals surface area contributed by atoms with Gasteiger partial charge in [0.15, 0.2) is 0 Å². The van der Waals surface area contributed by atoms with Crippen molar-refractivity contribution in [2.24, 2.45) is 0 Å². The Labute approximate surface area is 136 Å². The summed E-state index contributed by atoms with van der Waals surface area (Å²) in [6.07, 6.45) is 2.17. The van der Waals surface area contributed by atoms with Crippen LogP contribution in [-0.2, 0) is 6.42 Å². The van der Waals surface area contributed by atoms with Crippen molar-refractivity contribution in [3.8, 4) is 0 Å². The lowest BCUT2D eigenvalue weighted by Crippen LogP contribution is -2.11. The van der Waals surface area contributed by atoms with Gasteiger partial charge in [-0.15, -0.1) is 10.2 Å². The van der Waals surface area contributed by atoms with Crippen LogP contribution in [0.15, 0.2) is 48.7 Å². The number of anilines is 1. The van der Waals surface area contributed by atoms with Crippen molar-refractivity contribution in [3.05, 3.63) is 69.9 Å². The number of nitrogens with one attached hydrogen (secondary N) is 1. The van der Waals surface area contributed by atoms with E-state index >= 15 is 0 Å². The summed E-state index contributed by atoms with van der Waals surface area (Å²) in [6.45, 7) is 0. The average Bonchev–Trinajstić information content (AvgIpc) is 2.95. The molecular weight excluding hydrogens is 320 g/mol. The molecule has 2 heterocycles. The predicted octanol–water partition coefficient (Wildman–Crippen LogP) is 3.43. The molecule has 0 saturated carbocycles. The van der Waals surface area contributed by atoms with Gasteiger partial charge in [0.1, 0.15) is 10.2 Å². The van der Waals surface area contributed by atoms with Crippen molar-refractivity contribution in [1.29, 1.82) is 0 Å². The third-order valence-corrected chi connectivity index (χ3v) is 3.92. The summed E-state index contributed by atoms with van der Waals surface area (Å²) in [4.78, 5) is 15.9. The van der Waals surface area contributed by atoms with Crippen molar-refractivity contribution < 1.29 is 4.79 Å². The summed E-state index contributed by atoms with van der Waals surface area (Å²) in [6, 6.07) is 13.1. The first-order valence-electron chi connectivity index (χ1n) is 6.50. The molecule has 3 aromatic rings. The number of pyridine rings is 1. The Morgan fingerprint density at radius 2 is 2.00 bits per heavy atom. The number of aromatic nitrogens is 3. The molecule has 3 rings (SSSR count). The van der Waals surface area contributed by atoms with Gasteiger partial charge in [-0.25, -0.2) is 4.98 Å². The van der Waals surface area contributed by atoms with Gasteiger partial charge in [-0.1, -0.05) is 53.3 Å². The lowest BCUT2D eigenvalue weighted by molar-refractivity contribution is 0.102. The molecule has 1 amide bonds. The second-order valence-electron chi connectivity index (χ2n) is 4.48. The van der Waals surface area contributed by atoms with Gasteiger partial charge in [0.25, 0.3) is 5.91 Å². The number of rotatable bonds is 4. The second kappa shape index (κ2) is 6.64. The SMILES string of the molecule is O=C(Nc1nnc(Cc2ccccc2)s1)c1ccnc(Cl)c1. The number of hydrogen-bond acceptors (Lipinski definition) is 5. The largest absolute Gasteiger partial charge is 0.296 e. The highest BCUT2D eigenvalue weighted by Crippen LogP contribution is 2.19. The van der Waals surface area contributed by atoms with E-state index in [9.17, 15) is 4.79 Å². The van der Waals surface area contributed by atoms with E-state index in [0.29, 0.717) is 17.1 Å². The number of benzene rings is 1. The van der Waals surface area contributed by atoms with Crippen LogP contribution in [0.4, 0.5) is 5.13 Å². The Morgan fingerprint density at radius 1 is 1.18 bits per heavy atom. The second-order valence-corrected chi connectivity index (χ2v) is 5.93. The Kier molecular flexibility index (Phi) is 4.41. The van der Waals surface area contributed by atoms with Gasteiger partial charge in [-0.3, -0.25) is 10.1 Å². The normalized spacial score (nSPS) is 10.4. The molecule has 0 spiro atoms. The van der Waals surface area contributed by atoms with Gasteiger partial charge in [-0.2, -0.15) is 0 Å². The van der Waals surface area contributed by atoms with Gasteiger partial charge in [0.2, 0.25) is 5.13 Å². The zero-order chi connectivity index (χ0) is 15.4. The maximum Gasteiger partial charge on any atom is 0.257 e. The minimum Gasteiger partial charge on any atom is -0.296 e. The van der Waals surface area contributed by atoms with Crippen molar-refractivity contribution in [1.82, 2.24) is 15.2 Å². The van der Waals surface area contributed by atoms with Crippen LogP contribution >= 0.6 is 22.9 Å². The van der Waals surface area contributed by atoms with Gasteiger partial charge in [-0.05, 0) is 17.7 Å². The van der Waals surface area contributed by atoms with Gasteiger partial charge < -0.3 is 0 Å². The van der Waals surface area contributed by atoms with E-state index in [2.05, 4.69) is 20.5 Å². The van der Waals surface area contributed by atoms with Crippen molar-refractivity contribution in [3.63, 3.8) is 0 Å². The van der Waals surface area contributed by atoms with E-state index in [-0.39, 0.29) is 11.1 Å². The quantitative estimate of drug-likeness (QED) is 0.744. The fraction of sp³-hybridized carbons (Fsp3) is 0.0667. The number of carbonyl (C=O) groups excluding carboxylic acids is 1. The lowest BCUT2D eigenvalue weighted by Gasteiger charge is -2.00. The minimum absolute atomic E-state index is 0.273. The molecule has 0 aliphatic carbocycles. The number of carbonyl (C=O) groups is 1. The van der Waals surface area contributed by atoms with E-state index in [4.69, 9.17) is 11.6 Å². The molecule has 1 N–H and O–H groups in total. The highest BCUT2D eigenvalue weighted by Gasteiger charge is 2.11. The highest BCUT2D eigenvalue weighted by molar-refractivity contribution is 7.15. The number of halogens is 1. The average molecular weight is 331 g/mol. The highest BCUT2D eigenvalue weighted by atomic mass is 35.5. The van der Waals surface area contributed by atoms with Crippen LogP contribution in [0.3, 0.4) is 0 Å². The van der Waals surface area contributed by atoms with Crippen LogP contribution in [0.5, 0.6) is 0 Å². The molecular formula is C15H11ClN4OS. The first-order chi connectivity index (χ1) is 10.7. The fourth-order valence-corrected chi connectivity index (χ4v) is 2.80. The molecule has 0 unspecified atom stereocenters. The van der Waals surface area contributed by atoms with Crippen LogP contribution in [0.25, 0.3) is 0 Å². The molecule has 5 nitrogen and oxygen atoms in total. The van der Waals surface area contributed by atoms with E-state index in [1.165, 1.54) is 23.6 Å². The fourth-order valence-electron chi connectivity index (χ4n) is 1.86. The molecule has 0 atom stereocenters. The van der Waals surface area contributed by atoms with Gasteiger partial charge >= 0.3 is 0 Å². The molecule has 2 aromatic heterocycles. The lowest BCUT2D eigenvalue weighted by atomic mass is 10.2. The van der Waals surface area contributed by atoms with Crippen molar-refractivity contribution >= 4 is 34.0 Å². The molecule has 0 aliphatic rings. The van der Waals surface area contributed by atoms with Crippen LogP contribution in [-0.4, -0.2) is 21.1 Å². The van der Waals surface area contributed by atoms with E-state index in [1.54, 1.807) is 6.07 Å². The Morgan fingerprint density at radius 3 is 2.77 bits per heavy atom. The maximum absolute atomic E-state index is 12.1. The van der Waals surface area contributed by atoms with Gasteiger partial charge in [0, 0.05) is 18.2 Å². The Balaban J connectivity index is 1.68. The zero-order valence-corrected chi connectivity index (χ0v) is 12.9. The van der Waals surface area contributed by atoms with E-state index in [1.807, 2.05) is 30.3 Å². The van der Waals surface area contributed by atoms with E-state index in [0.717, 1.165) is 10.6 Å². The molecule has 0 fully saturated rings. The summed E-state index contributed by atoms with van der Waals surface area (Å²) in [5.74, 6) is -0.285. The van der Waals surface area contributed by atoms with E-state index < -0.39 is 0 Å². The topological polar surface area (TPSA) is 67.8 Å². The summed E-state index contributed by atoms with van der Waals surface area (Å²) >= 11 is 7.12. The standard InChI is InChI=1S/C15H11ClN4OS/c16-12-9-11(6-7-17-12)14(21)18-15-20-19-13(22-15)8-10-4-2-1-3-5-10/h1-7,9H,8H2,(H,18,20,21). The molecule has 22 heavy (non-hydrogen) atoms. The molecule has 0 bridgehead atoms. The van der Waals surface area contributed by atoms with Gasteiger partial charge in [0.05, 0.1) is 0 Å². The third-order valence-electron chi connectivity index (χ3n) is 2.87. The number of hydrogen-bond donors (Lipinski definition) is 1. The van der Waals surface area contributed by atoms with Crippen LogP contribution in [0.2, 0.25) is 5.15 Å². The Bertz CT molecular complexity index is 791. The molecule has 110 valence electrons. The smallest absolute Gasteiger partial charge is 0.257 e. The van der Waals surface area contributed by atoms with Crippen LogP contribution in [0, 0.1) is 0 Å². The summed E-state index contributed by atoms with van der Waals surface area (Å²) in [5, 5.41) is 12.4. The monoisotopic (exact) mass is 330 g/mol. The molecule has 0 aliphatic heterocycles. The van der Waals surface area contributed by atoms with Crippen LogP contribution in [0.1, 0.15) is 20.9 Å². The summed E-state index contributed by atoms with van der Waals surface area (Å²) in [5.41, 5.74) is 1.58. The number of nitrogens with zero attached hydrogens (tertiary/aromatic N) is 3. The first-order valence-corrected chi connectivity index (χ1v) is 7.69. The summed E-state index contributed by atoms with van der Waals surface area (Å²) < 4.78 is 0. The zero-order valence-electron chi connectivity index (χ0n) is 11.4. The first kappa shape index (κ1) is 14.6. The molecule has 7 heteroatoms. The number of amides is 1. The maximum atomic E-state index is 12.1. The van der Waals surface area contributed by atoms with Crippen LogP contribution < -0.4 is 5.32 Å². The molecule has 1 aromatic carbocycles. The van der Waals surface area contributed by atoms with Crippen molar-refractivity contribution in [2.75, 3.05) is 5.32 Å². The van der Waals surface area contributed by atoms with Crippen molar-refractivity contribution in [2.45, 2.75) is 6.42 Å². The molecule has 0 radical (unpaired) electrons. The molecule has 0 saturated heterocycles.